The van der Waals surface area contributed by atoms with Crippen LogP contribution in [0.3, 0.4) is 0 Å². The second-order valence-electron chi connectivity index (χ2n) is 9.37. The number of halogens is 1. The molecule has 38 heavy (non-hydrogen) atoms. The van der Waals surface area contributed by atoms with Crippen LogP contribution in [0.5, 0.6) is 11.5 Å². The fourth-order valence-electron chi connectivity index (χ4n) is 4.19. The highest BCUT2D eigenvalue weighted by molar-refractivity contribution is 7.92. The van der Waals surface area contributed by atoms with Gasteiger partial charge >= 0.3 is 0 Å². The number of rotatable bonds is 13. The van der Waals surface area contributed by atoms with E-state index in [-0.39, 0.29) is 50.6 Å². The molecule has 2 atom stereocenters. The van der Waals surface area contributed by atoms with Gasteiger partial charge in [0.15, 0.2) is 11.5 Å². The van der Waals surface area contributed by atoms with Crippen molar-refractivity contribution in [2.75, 3.05) is 23.9 Å². The van der Waals surface area contributed by atoms with Gasteiger partial charge in [0, 0.05) is 31.6 Å². The SMILES string of the molecule is CC[C@@H](C)NC(=O)[C@@H](CC)N(Cc1ccc(F)cc1)C(=O)CCCN(c1ccc2c(c1)OCO2)S(C)(=O)=O. The van der Waals surface area contributed by atoms with Crippen LogP contribution in [0.4, 0.5) is 10.1 Å². The predicted molar refractivity (Wildman–Crippen MR) is 143 cm³/mol. The van der Waals surface area contributed by atoms with Crippen LogP contribution >= 0.6 is 0 Å². The van der Waals surface area contributed by atoms with Crippen molar-refractivity contribution in [2.24, 2.45) is 0 Å². The molecule has 1 N–H and O–H groups in total. The number of hydrogen-bond acceptors (Lipinski definition) is 6. The summed E-state index contributed by atoms with van der Waals surface area (Å²) in [5.41, 5.74) is 1.10. The summed E-state index contributed by atoms with van der Waals surface area (Å²) in [6.45, 7) is 5.94. The minimum absolute atomic E-state index is 0.0187. The molecule has 0 aliphatic carbocycles. The molecule has 2 aromatic carbocycles. The van der Waals surface area contributed by atoms with E-state index in [4.69, 9.17) is 9.47 Å². The molecule has 0 radical (unpaired) electrons. The Morgan fingerprint density at radius 2 is 1.74 bits per heavy atom. The first-order valence-electron chi connectivity index (χ1n) is 12.7. The summed E-state index contributed by atoms with van der Waals surface area (Å²) in [4.78, 5) is 28.0. The summed E-state index contributed by atoms with van der Waals surface area (Å²) in [5, 5.41) is 2.94. The van der Waals surface area contributed by atoms with Crippen LogP contribution in [0.15, 0.2) is 42.5 Å². The Hall–Kier alpha value is -3.34. The molecule has 208 valence electrons. The Morgan fingerprint density at radius 3 is 2.37 bits per heavy atom. The van der Waals surface area contributed by atoms with Gasteiger partial charge in [-0.2, -0.15) is 0 Å². The molecular weight excluding hydrogens is 513 g/mol. The second kappa shape index (κ2) is 12.9. The molecule has 3 rings (SSSR count). The van der Waals surface area contributed by atoms with E-state index in [1.165, 1.54) is 21.3 Å². The van der Waals surface area contributed by atoms with Crippen LogP contribution in [0.25, 0.3) is 0 Å². The van der Waals surface area contributed by atoms with Crippen molar-refractivity contribution in [3.8, 4) is 11.5 Å². The number of benzene rings is 2. The molecule has 0 fully saturated rings. The molecule has 11 heteroatoms. The molecule has 9 nitrogen and oxygen atoms in total. The molecule has 2 aromatic rings. The minimum atomic E-state index is -3.64. The molecule has 0 unspecified atom stereocenters. The highest BCUT2D eigenvalue weighted by Gasteiger charge is 2.29. The Morgan fingerprint density at radius 1 is 1.05 bits per heavy atom. The van der Waals surface area contributed by atoms with Gasteiger partial charge in [0.2, 0.25) is 28.6 Å². The third kappa shape index (κ3) is 7.59. The largest absolute Gasteiger partial charge is 0.454 e. The van der Waals surface area contributed by atoms with Gasteiger partial charge in [-0.15, -0.1) is 0 Å². The molecule has 0 saturated carbocycles. The van der Waals surface area contributed by atoms with Gasteiger partial charge in [0.1, 0.15) is 11.9 Å². The summed E-state index contributed by atoms with van der Waals surface area (Å²) in [6, 6.07) is 9.89. The average molecular weight is 550 g/mol. The molecule has 2 amide bonds. The lowest BCUT2D eigenvalue weighted by Crippen LogP contribution is -2.50. The lowest BCUT2D eigenvalue weighted by molar-refractivity contribution is -0.141. The van der Waals surface area contributed by atoms with Gasteiger partial charge in [-0.05, 0) is 56.0 Å². The van der Waals surface area contributed by atoms with Gasteiger partial charge < -0.3 is 19.7 Å². The van der Waals surface area contributed by atoms with E-state index in [0.717, 1.165) is 12.7 Å². The fourth-order valence-corrected chi connectivity index (χ4v) is 5.15. The van der Waals surface area contributed by atoms with E-state index in [9.17, 15) is 22.4 Å². The van der Waals surface area contributed by atoms with Crippen molar-refractivity contribution >= 4 is 27.5 Å². The molecule has 0 aromatic heterocycles. The average Bonchev–Trinajstić information content (AvgIpc) is 3.34. The molecular formula is C27H36FN3O6S. The van der Waals surface area contributed by atoms with Crippen LogP contribution in [-0.2, 0) is 26.2 Å². The third-order valence-corrected chi connectivity index (χ3v) is 7.64. The van der Waals surface area contributed by atoms with Crippen LogP contribution < -0.4 is 19.1 Å². The second-order valence-corrected chi connectivity index (χ2v) is 11.3. The van der Waals surface area contributed by atoms with Crippen LogP contribution in [-0.4, -0.2) is 56.8 Å². The number of anilines is 1. The number of nitrogens with zero attached hydrogens (tertiary/aromatic N) is 2. The number of fused-ring (bicyclic) bond motifs is 1. The number of nitrogens with one attached hydrogen (secondary N) is 1. The highest BCUT2D eigenvalue weighted by Crippen LogP contribution is 2.36. The Bertz CT molecular complexity index is 1220. The Kier molecular flexibility index (Phi) is 9.96. The van der Waals surface area contributed by atoms with E-state index in [2.05, 4.69) is 5.32 Å². The molecule has 0 saturated heterocycles. The number of carbonyl (C=O) groups is 2. The monoisotopic (exact) mass is 549 g/mol. The molecule has 0 bridgehead atoms. The van der Waals surface area contributed by atoms with Crippen molar-refractivity contribution in [3.05, 3.63) is 53.8 Å². The molecule has 1 heterocycles. The first-order chi connectivity index (χ1) is 18.0. The van der Waals surface area contributed by atoms with Crippen molar-refractivity contribution < 1.29 is 31.9 Å². The van der Waals surface area contributed by atoms with E-state index in [1.807, 2.05) is 20.8 Å². The smallest absolute Gasteiger partial charge is 0.243 e. The van der Waals surface area contributed by atoms with Crippen molar-refractivity contribution in [1.82, 2.24) is 10.2 Å². The van der Waals surface area contributed by atoms with Crippen molar-refractivity contribution in [3.63, 3.8) is 0 Å². The summed E-state index contributed by atoms with van der Waals surface area (Å²) in [5.74, 6) is 0.0542. The van der Waals surface area contributed by atoms with Gasteiger partial charge in [0.25, 0.3) is 0 Å². The van der Waals surface area contributed by atoms with Crippen molar-refractivity contribution in [1.29, 1.82) is 0 Å². The maximum Gasteiger partial charge on any atom is 0.243 e. The van der Waals surface area contributed by atoms with E-state index < -0.39 is 21.9 Å². The number of carbonyl (C=O) groups excluding carboxylic acids is 2. The summed E-state index contributed by atoms with van der Waals surface area (Å²) in [6.07, 6.45) is 2.48. The lowest BCUT2D eigenvalue weighted by Gasteiger charge is -2.32. The topological polar surface area (TPSA) is 105 Å². The zero-order valence-corrected chi connectivity index (χ0v) is 23.1. The Labute approximate surface area is 224 Å². The molecule has 1 aliphatic rings. The zero-order chi connectivity index (χ0) is 27.9. The Balaban J connectivity index is 1.76. The normalized spacial score (nSPS) is 14.0. The minimum Gasteiger partial charge on any atom is -0.454 e. The first-order valence-corrected chi connectivity index (χ1v) is 14.6. The summed E-state index contributed by atoms with van der Waals surface area (Å²) < 4.78 is 50.5. The van der Waals surface area contributed by atoms with Crippen LogP contribution in [0.2, 0.25) is 0 Å². The number of sulfonamides is 1. The van der Waals surface area contributed by atoms with Crippen LogP contribution in [0, 0.1) is 5.82 Å². The zero-order valence-electron chi connectivity index (χ0n) is 22.3. The highest BCUT2D eigenvalue weighted by atomic mass is 32.2. The van der Waals surface area contributed by atoms with Crippen molar-refractivity contribution in [2.45, 2.75) is 65.1 Å². The quantitative estimate of drug-likeness (QED) is 0.407. The molecule has 1 aliphatic heterocycles. The van der Waals surface area contributed by atoms with Crippen LogP contribution in [0.1, 0.15) is 52.0 Å². The standard InChI is InChI=1S/C27H36FN3O6S/c1-5-19(3)29-27(33)23(6-2)30(17-20-9-11-21(28)12-10-20)26(32)8-7-15-31(38(4,34)35)22-13-14-24-25(16-22)37-18-36-24/h9-14,16,19,23H,5-8,15,17-18H2,1-4H3,(H,29,33)/t19-,23-/m1/s1. The molecule has 0 spiro atoms. The number of amides is 2. The maximum atomic E-state index is 13.5. The van der Waals surface area contributed by atoms with E-state index in [1.54, 1.807) is 30.3 Å². The first kappa shape index (κ1) is 29.2. The fraction of sp³-hybridized carbons (Fsp3) is 0.481. The van der Waals surface area contributed by atoms with E-state index in [0.29, 0.717) is 29.2 Å². The van der Waals surface area contributed by atoms with Gasteiger partial charge in [-0.25, -0.2) is 12.8 Å². The number of hydrogen-bond donors (Lipinski definition) is 1. The van der Waals surface area contributed by atoms with E-state index >= 15 is 0 Å². The number of ether oxygens (including phenoxy) is 2. The maximum absolute atomic E-state index is 13.5. The van der Waals surface area contributed by atoms with Gasteiger partial charge in [0.05, 0.1) is 11.9 Å². The summed E-state index contributed by atoms with van der Waals surface area (Å²) >= 11 is 0. The van der Waals surface area contributed by atoms with Gasteiger partial charge in [-0.1, -0.05) is 26.0 Å². The summed E-state index contributed by atoms with van der Waals surface area (Å²) in [7, 11) is -3.64. The lowest BCUT2D eigenvalue weighted by atomic mass is 10.1. The van der Waals surface area contributed by atoms with Gasteiger partial charge in [-0.3, -0.25) is 13.9 Å². The predicted octanol–water partition coefficient (Wildman–Crippen LogP) is 3.82. The third-order valence-electron chi connectivity index (χ3n) is 6.45.